The highest BCUT2D eigenvalue weighted by atomic mass is 35.5. The first-order valence-corrected chi connectivity index (χ1v) is 11.9. The molecule has 1 aliphatic heterocycles. The lowest BCUT2D eigenvalue weighted by molar-refractivity contribution is 0.0837. The van der Waals surface area contributed by atoms with Crippen molar-refractivity contribution in [3.63, 3.8) is 0 Å². The molecular weight excluding hydrogens is 446 g/mol. The number of piperidine rings is 1. The topological polar surface area (TPSA) is 44.1 Å². The lowest BCUT2D eigenvalue weighted by atomic mass is 9.70. The highest BCUT2D eigenvalue weighted by Crippen LogP contribution is 2.39. The van der Waals surface area contributed by atoms with Gasteiger partial charge in [0.05, 0.1) is 21.5 Å². The van der Waals surface area contributed by atoms with Gasteiger partial charge in [-0.1, -0.05) is 43.1 Å². The number of likely N-dealkylation sites (tertiary alicyclic amines) is 1. The molecule has 3 nitrogen and oxygen atoms in total. The van der Waals surface area contributed by atoms with Crippen LogP contribution in [0.25, 0.3) is 0 Å². The number of rotatable bonds is 8. The van der Waals surface area contributed by atoms with Gasteiger partial charge in [0, 0.05) is 11.5 Å². The quantitative estimate of drug-likeness (QED) is 0.389. The third-order valence-corrected chi connectivity index (χ3v) is 7.49. The highest BCUT2D eigenvalue weighted by Gasteiger charge is 2.36. The van der Waals surface area contributed by atoms with Crippen molar-refractivity contribution in [2.45, 2.75) is 44.9 Å². The van der Waals surface area contributed by atoms with E-state index in [-0.39, 0.29) is 23.4 Å². The Labute approximate surface area is 200 Å². The maximum atomic E-state index is 13.1. The van der Waals surface area contributed by atoms with Gasteiger partial charge < -0.3 is 4.90 Å². The minimum Gasteiger partial charge on any atom is -0.303 e. The third-order valence-electron chi connectivity index (χ3n) is 6.75. The Hall–Kier alpha value is -1.93. The van der Waals surface area contributed by atoms with Crippen LogP contribution in [0.1, 0.15) is 55.5 Å². The highest BCUT2D eigenvalue weighted by molar-refractivity contribution is 6.42. The molecule has 2 aromatic rings. The van der Waals surface area contributed by atoms with E-state index in [1.807, 2.05) is 12.1 Å². The van der Waals surface area contributed by atoms with Crippen molar-refractivity contribution in [3.05, 3.63) is 69.5 Å². The first-order valence-electron chi connectivity index (χ1n) is 11.2. The van der Waals surface area contributed by atoms with Gasteiger partial charge in [-0.2, -0.15) is 5.26 Å². The van der Waals surface area contributed by atoms with E-state index in [0.29, 0.717) is 15.6 Å². The van der Waals surface area contributed by atoms with Gasteiger partial charge >= 0.3 is 0 Å². The molecule has 32 heavy (non-hydrogen) atoms. The van der Waals surface area contributed by atoms with Gasteiger partial charge in [-0.05, 0) is 93.2 Å². The van der Waals surface area contributed by atoms with E-state index in [1.165, 1.54) is 12.1 Å². The van der Waals surface area contributed by atoms with Crippen LogP contribution in [0.5, 0.6) is 0 Å². The van der Waals surface area contributed by atoms with Gasteiger partial charge in [0.2, 0.25) is 0 Å². The maximum absolute atomic E-state index is 13.1. The first kappa shape index (κ1) is 24.7. The van der Waals surface area contributed by atoms with Crippen LogP contribution in [0.3, 0.4) is 0 Å². The summed E-state index contributed by atoms with van der Waals surface area (Å²) in [5.41, 5.74) is 0.876. The van der Waals surface area contributed by atoms with Crippen molar-refractivity contribution in [1.29, 1.82) is 5.26 Å². The largest absolute Gasteiger partial charge is 0.303 e. The lowest BCUT2D eigenvalue weighted by Gasteiger charge is -2.34. The molecule has 1 aliphatic rings. The number of hydrogen-bond acceptors (Lipinski definition) is 3. The van der Waals surface area contributed by atoms with Crippen molar-refractivity contribution in [3.8, 4) is 6.07 Å². The molecule has 1 heterocycles. The second-order valence-electron chi connectivity index (χ2n) is 8.96. The number of nitriles is 1. The lowest BCUT2D eigenvalue weighted by Crippen LogP contribution is -2.38. The Balaban J connectivity index is 1.56. The fraction of sp³-hybridized carbons (Fsp3) is 0.462. The zero-order valence-electron chi connectivity index (χ0n) is 18.6. The summed E-state index contributed by atoms with van der Waals surface area (Å²) in [6.45, 7) is 6.72. The summed E-state index contributed by atoms with van der Waals surface area (Å²) in [5.74, 6) is -0.106. The van der Waals surface area contributed by atoms with E-state index in [1.54, 1.807) is 18.2 Å². The molecule has 0 saturated carbocycles. The maximum Gasteiger partial charge on any atom is 0.166 e. The zero-order chi connectivity index (χ0) is 23.3. The van der Waals surface area contributed by atoms with Gasteiger partial charge in [0.1, 0.15) is 5.82 Å². The van der Waals surface area contributed by atoms with Crippen molar-refractivity contribution in [1.82, 2.24) is 4.90 Å². The van der Waals surface area contributed by atoms with Crippen molar-refractivity contribution in [2.24, 2.45) is 11.8 Å². The number of Topliss-reactive ketones (excluding diaryl/α,β-unsaturated/α-hetero) is 1. The van der Waals surface area contributed by atoms with E-state index in [4.69, 9.17) is 23.2 Å². The van der Waals surface area contributed by atoms with Crippen LogP contribution in [-0.4, -0.2) is 30.3 Å². The van der Waals surface area contributed by atoms with Crippen LogP contribution < -0.4 is 0 Å². The van der Waals surface area contributed by atoms with Gasteiger partial charge in [-0.3, -0.25) is 4.79 Å². The number of ketones is 1. The van der Waals surface area contributed by atoms with E-state index in [9.17, 15) is 14.4 Å². The molecular formula is C26H29Cl2FN2O. The molecule has 0 radical (unpaired) electrons. The number of halogens is 3. The molecule has 0 amide bonds. The summed E-state index contributed by atoms with van der Waals surface area (Å²) in [4.78, 5) is 15.1. The SMILES string of the molecule is CC(C)C(C#N)(CCCN1CCC(C(=O)c2ccc(F)cc2)CC1)c1ccc(Cl)c(Cl)c1. The van der Waals surface area contributed by atoms with Crippen molar-refractivity contribution in [2.75, 3.05) is 19.6 Å². The van der Waals surface area contributed by atoms with Crippen molar-refractivity contribution >= 4 is 29.0 Å². The predicted molar refractivity (Wildman–Crippen MR) is 128 cm³/mol. The predicted octanol–water partition coefficient (Wildman–Crippen LogP) is 6.92. The van der Waals surface area contributed by atoms with E-state index >= 15 is 0 Å². The summed E-state index contributed by atoms with van der Waals surface area (Å²) in [6.07, 6.45) is 3.21. The van der Waals surface area contributed by atoms with Gasteiger partial charge in [-0.15, -0.1) is 0 Å². The standard InChI is InChI=1S/C26H29Cl2FN2O/c1-18(2)26(17-30,21-6-9-23(27)24(28)16-21)12-3-13-31-14-10-20(11-15-31)25(32)19-4-7-22(29)8-5-19/h4-9,16,18,20H,3,10-15H2,1-2H3. The van der Waals surface area contributed by atoms with Gasteiger partial charge in [0.25, 0.3) is 0 Å². The molecule has 0 N–H and O–H groups in total. The molecule has 0 spiro atoms. The Kier molecular flexibility index (Phi) is 8.33. The number of nitrogens with zero attached hydrogens (tertiary/aromatic N) is 2. The molecule has 1 fully saturated rings. The van der Waals surface area contributed by atoms with E-state index in [2.05, 4.69) is 24.8 Å². The summed E-state index contributed by atoms with van der Waals surface area (Å²) in [6, 6.07) is 13.9. The Morgan fingerprint density at radius 1 is 1.16 bits per heavy atom. The van der Waals surface area contributed by atoms with Crippen LogP contribution in [-0.2, 0) is 5.41 Å². The number of carbonyl (C=O) groups excluding carboxylic acids is 1. The molecule has 3 rings (SSSR count). The molecule has 1 saturated heterocycles. The number of benzene rings is 2. The molecule has 1 unspecified atom stereocenters. The smallest absolute Gasteiger partial charge is 0.166 e. The molecule has 1 atom stereocenters. The van der Waals surface area contributed by atoms with Crippen LogP contribution in [0.2, 0.25) is 10.0 Å². The summed E-state index contributed by atoms with van der Waals surface area (Å²) in [5, 5.41) is 11.1. The summed E-state index contributed by atoms with van der Waals surface area (Å²) < 4.78 is 13.1. The van der Waals surface area contributed by atoms with E-state index in [0.717, 1.165) is 50.9 Å². The molecule has 0 aliphatic carbocycles. The fourth-order valence-corrected chi connectivity index (χ4v) is 4.94. The second kappa shape index (κ2) is 10.8. The second-order valence-corrected chi connectivity index (χ2v) is 9.77. The van der Waals surface area contributed by atoms with Crippen LogP contribution in [0.15, 0.2) is 42.5 Å². The third kappa shape index (κ3) is 5.52. The molecule has 0 aromatic heterocycles. The molecule has 6 heteroatoms. The first-order chi connectivity index (χ1) is 15.3. The summed E-state index contributed by atoms with van der Waals surface area (Å²) >= 11 is 12.3. The molecule has 170 valence electrons. The average molecular weight is 475 g/mol. The van der Waals surface area contributed by atoms with Crippen LogP contribution in [0, 0.1) is 29.0 Å². The monoisotopic (exact) mass is 474 g/mol. The Bertz CT molecular complexity index is 978. The summed E-state index contributed by atoms with van der Waals surface area (Å²) in [7, 11) is 0. The minimum atomic E-state index is -0.620. The van der Waals surface area contributed by atoms with E-state index < -0.39 is 5.41 Å². The number of carbonyl (C=O) groups is 1. The normalized spacial score (nSPS) is 17.2. The molecule has 2 aromatic carbocycles. The zero-order valence-corrected chi connectivity index (χ0v) is 20.1. The molecule has 0 bridgehead atoms. The number of hydrogen-bond donors (Lipinski definition) is 0. The Morgan fingerprint density at radius 3 is 2.38 bits per heavy atom. The van der Waals surface area contributed by atoms with Crippen LogP contribution >= 0.6 is 23.2 Å². The van der Waals surface area contributed by atoms with Crippen LogP contribution in [0.4, 0.5) is 4.39 Å². The van der Waals surface area contributed by atoms with Crippen molar-refractivity contribution < 1.29 is 9.18 Å². The fourth-order valence-electron chi connectivity index (χ4n) is 4.64. The van der Waals surface area contributed by atoms with Gasteiger partial charge in [0.15, 0.2) is 5.78 Å². The average Bonchev–Trinajstić information content (AvgIpc) is 2.79. The Morgan fingerprint density at radius 2 is 1.81 bits per heavy atom. The van der Waals surface area contributed by atoms with Gasteiger partial charge in [-0.25, -0.2) is 4.39 Å². The minimum absolute atomic E-state index is 0.0122.